The van der Waals surface area contributed by atoms with E-state index in [-0.39, 0.29) is 12.5 Å². The summed E-state index contributed by atoms with van der Waals surface area (Å²) >= 11 is 0. The van der Waals surface area contributed by atoms with Gasteiger partial charge in [-0.25, -0.2) is 0 Å². The number of hydrogen-bond acceptors (Lipinski definition) is 3. The minimum Gasteiger partial charge on any atom is -0.481 e. The van der Waals surface area contributed by atoms with Crippen LogP contribution in [0.1, 0.15) is 0 Å². The number of nitrogens with one attached hydrogen (secondary N) is 1. The Morgan fingerprint density at radius 2 is 1.68 bits per heavy atom. The number of carbonyl (C=O) groups excluding carboxylic acids is 1. The van der Waals surface area contributed by atoms with Crippen LogP contribution in [-0.2, 0) is 4.79 Å². The van der Waals surface area contributed by atoms with Crippen molar-refractivity contribution in [2.24, 2.45) is 0 Å². The van der Waals surface area contributed by atoms with Crippen LogP contribution >= 0.6 is 0 Å². The minimum absolute atomic E-state index is 0.0669. The van der Waals surface area contributed by atoms with Crippen molar-refractivity contribution in [1.29, 1.82) is 0 Å². The fourth-order valence-corrected chi connectivity index (χ4v) is 2.80. The number of pyridine rings is 1. The zero-order chi connectivity index (χ0) is 17.1. The van der Waals surface area contributed by atoms with E-state index in [1.807, 2.05) is 72.8 Å². The molecule has 3 aromatic carbocycles. The molecule has 1 aromatic heterocycles. The van der Waals surface area contributed by atoms with Gasteiger partial charge >= 0.3 is 0 Å². The average molecular weight is 328 g/mol. The number of para-hydroxylation sites is 1. The molecule has 4 nitrogen and oxygen atoms in total. The van der Waals surface area contributed by atoms with Gasteiger partial charge in [0.2, 0.25) is 0 Å². The summed E-state index contributed by atoms with van der Waals surface area (Å²) in [7, 11) is 0. The quantitative estimate of drug-likeness (QED) is 0.604. The lowest BCUT2D eigenvalue weighted by Crippen LogP contribution is -2.20. The van der Waals surface area contributed by atoms with Crippen LogP contribution in [0.5, 0.6) is 5.75 Å². The lowest BCUT2D eigenvalue weighted by Gasteiger charge is -2.10. The molecular formula is C21H16N2O2. The van der Waals surface area contributed by atoms with Gasteiger partial charge in [0, 0.05) is 17.3 Å². The van der Waals surface area contributed by atoms with Gasteiger partial charge in [-0.2, -0.15) is 0 Å². The van der Waals surface area contributed by atoms with E-state index in [2.05, 4.69) is 10.3 Å². The van der Waals surface area contributed by atoms with Crippen LogP contribution in [0, 0.1) is 0 Å². The van der Waals surface area contributed by atoms with E-state index in [0.717, 1.165) is 27.4 Å². The van der Waals surface area contributed by atoms with Gasteiger partial charge in [0.05, 0.1) is 0 Å². The molecule has 0 aliphatic heterocycles. The van der Waals surface area contributed by atoms with E-state index in [1.54, 1.807) is 6.20 Å². The molecule has 0 unspecified atom stereocenters. The van der Waals surface area contributed by atoms with Gasteiger partial charge < -0.3 is 10.1 Å². The highest BCUT2D eigenvalue weighted by molar-refractivity contribution is 5.95. The van der Waals surface area contributed by atoms with Crippen LogP contribution in [0.3, 0.4) is 0 Å². The van der Waals surface area contributed by atoms with Crippen LogP contribution in [0.15, 0.2) is 79.0 Å². The van der Waals surface area contributed by atoms with Gasteiger partial charge in [-0.15, -0.1) is 0 Å². The smallest absolute Gasteiger partial charge is 0.262 e. The number of fused-ring (bicyclic) bond motifs is 2. The van der Waals surface area contributed by atoms with Crippen molar-refractivity contribution in [1.82, 2.24) is 4.98 Å². The highest BCUT2D eigenvalue weighted by Crippen LogP contribution is 2.23. The maximum atomic E-state index is 12.2. The van der Waals surface area contributed by atoms with Crippen LogP contribution < -0.4 is 10.1 Å². The predicted octanol–water partition coefficient (Wildman–Crippen LogP) is 4.41. The van der Waals surface area contributed by atoms with Crippen molar-refractivity contribution in [2.45, 2.75) is 0 Å². The molecular weight excluding hydrogens is 312 g/mol. The Morgan fingerprint density at radius 1 is 0.880 bits per heavy atom. The molecule has 0 radical (unpaired) electrons. The summed E-state index contributed by atoms with van der Waals surface area (Å²) in [6.45, 7) is -0.0669. The van der Waals surface area contributed by atoms with E-state index in [9.17, 15) is 4.79 Å². The van der Waals surface area contributed by atoms with Crippen molar-refractivity contribution in [3.8, 4) is 5.75 Å². The minimum atomic E-state index is -0.205. The number of aromatic nitrogens is 1. The van der Waals surface area contributed by atoms with Crippen molar-refractivity contribution >= 4 is 33.3 Å². The molecule has 0 atom stereocenters. The molecule has 0 bridgehead atoms. The van der Waals surface area contributed by atoms with E-state index < -0.39 is 0 Å². The first-order valence-corrected chi connectivity index (χ1v) is 8.05. The summed E-state index contributed by atoms with van der Waals surface area (Å²) in [5, 5.41) is 6.07. The van der Waals surface area contributed by atoms with Gasteiger partial charge in [-0.3, -0.25) is 9.78 Å². The van der Waals surface area contributed by atoms with E-state index in [4.69, 9.17) is 4.74 Å². The number of carbonyl (C=O) groups is 1. The maximum Gasteiger partial charge on any atom is 0.262 e. The molecule has 4 heteroatoms. The Morgan fingerprint density at radius 3 is 2.60 bits per heavy atom. The topological polar surface area (TPSA) is 51.2 Å². The van der Waals surface area contributed by atoms with E-state index in [1.165, 1.54) is 0 Å². The van der Waals surface area contributed by atoms with Crippen molar-refractivity contribution in [3.63, 3.8) is 0 Å². The molecule has 0 spiro atoms. The van der Waals surface area contributed by atoms with E-state index in [0.29, 0.717) is 5.75 Å². The second-order valence-electron chi connectivity index (χ2n) is 5.73. The van der Waals surface area contributed by atoms with Gasteiger partial charge in [0.1, 0.15) is 11.3 Å². The molecule has 0 saturated heterocycles. The summed E-state index contributed by atoms with van der Waals surface area (Å²) in [5.74, 6) is 0.398. The molecule has 1 N–H and O–H groups in total. The Balaban J connectivity index is 1.46. The zero-order valence-electron chi connectivity index (χ0n) is 13.5. The first kappa shape index (κ1) is 15.1. The first-order valence-electron chi connectivity index (χ1n) is 8.05. The molecule has 0 aliphatic rings. The molecule has 0 aliphatic carbocycles. The van der Waals surface area contributed by atoms with Crippen molar-refractivity contribution < 1.29 is 9.53 Å². The maximum absolute atomic E-state index is 12.2. The summed E-state index contributed by atoms with van der Waals surface area (Å²) in [6, 6.07) is 23.4. The van der Waals surface area contributed by atoms with Gasteiger partial charge in [0.25, 0.3) is 5.91 Å². The van der Waals surface area contributed by atoms with Gasteiger partial charge in [0.15, 0.2) is 6.61 Å². The normalized spacial score (nSPS) is 10.7. The first-order chi connectivity index (χ1) is 12.3. The number of anilines is 1. The summed E-state index contributed by atoms with van der Waals surface area (Å²) in [6.07, 6.45) is 1.71. The van der Waals surface area contributed by atoms with Crippen molar-refractivity contribution in [3.05, 3.63) is 79.0 Å². The van der Waals surface area contributed by atoms with Gasteiger partial charge in [-0.1, -0.05) is 48.5 Å². The second-order valence-corrected chi connectivity index (χ2v) is 5.73. The van der Waals surface area contributed by atoms with Crippen LogP contribution in [-0.4, -0.2) is 17.5 Å². The van der Waals surface area contributed by atoms with Crippen LogP contribution in [0.2, 0.25) is 0 Å². The SMILES string of the molecule is O=C(COc1cccc2cccnc12)Nc1ccc2ccccc2c1. The van der Waals surface area contributed by atoms with Crippen LogP contribution in [0.25, 0.3) is 21.7 Å². The fraction of sp³-hybridized carbons (Fsp3) is 0.0476. The highest BCUT2D eigenvalue weighted by atomic mass is 16.5. The predicted molar refractivity (Wildman–Crippen MR) is 99.8 cm³/mol. The van der Waals surface area contributed by atoms with Crippen molar-refractivity contribution in [2.75, 3.05) is 11.9 Å². The molecule has 4 rings (SSSR count). The number of hydrogen-bond donors (Lipinski definition) is 1. The Kier molecular flexibility index (Phi) is 4.01. The van der Waals surface area contributed by atoms with E-state index >= 15 is 0 Å². The summed E-state index contributed by atoms with van der Waals surface area (Å²) in [4.78, 5) is 16.5. The van der Waals surface area contributed by atoms with Gasteiger partial charge in [-0.05, 0) is 35.0 Å². The standard InChI is InChI=1S/C21H16N2O2/c24-20(23-18-11-10-15-5-1-2-6-17(15)13-18)14-25-19-9-3-7-16-8-4-12-22-21(16)19/h1-13H,14H2,(H,23,24). The summed E-state index contributed by atoms with van der Waals surface area (Å²) in [5.41, 5.74) is 1.51. The fourth-order valence-electron chi connectivity index (χ4n) is 2.80. The second kappa shape index (κ2) is 6.61. The highest BCUT2D eigenvalue weighted by Gasteiger charge is 2.07. The third kappa shape index (κ3) is 3.28. The number of rotatable bonds is 4. The lowest BCUT2D eigenvalue weighted by molar-refractivity contribution is -0.118. The Bertz CT molecular complexity index is 1050. The Hall–Kier alpha value is -3.40. The molecule has 1 heterocycles. The molecule has 0 saturated carbocycles. The largest absolute Gasteiger partial charge is 0.481 e. The average Bonchev–Trinajstić information content (AvgIpc) is 2.66. The number of amides is 1. The molecule has 25 heavy (non-hydrogen) atoms. The third-order valence-corrected chi connectivity index (χ3v) is 3.99. The number of ether oxygens (including phenoxy) is 1. The molecule has 4 aromatic rings. The molecule has 0 fully saturated rings. The zero-order valence-corrected chi connectivity index (χ0v) is 13.5. The Labute approximate surface area is 145 Å². The lowest BCUT2D eigenvalue weighted by atomic mass is 10.1. The third-order valence-electron chi connectivity index (χ3n) is 3.99. The summed E-state index contributed by atoms with van der Waals surface area (Å²) < 4.78 is 5.67. The monoisotopic (exact) mass is 328 g/mol. The molecule has 1 amide bonds. The number of benzene rings is 3. The number of nitrogens with zero attached hydrogens (tertiary/aromatic N) is 1. The van der Waals surface area contributed by atoms with Crippen LogP contribution in [0.4, 0.5) is 5.69 Å². The molecule has 122 valence electrons.